The lowest BCUT2D eigenvalue weighted by atomic mass is 10.2. The van der Waals surface area contributed by atoms with Gasteiger partial charge < -0.3 is 4.90 Å². The largest absolute Gasteiger partial charge is 0.343 e. The van der Waals surface area contributed by atoms with Gasteiger partial charge in [0.1, 0.15) is 5.78 Å². The highest BCUT2D eigenvalue weighted by molar-refractivity contribution is 5.77. The van der Waals surface area contributed by atoms with Gasteiger partial charge in [-0.25, -0.2) is 0 Å². The van der Waals surface area contributed by atoms with Gasteiger partial charge in [-0.05, 0) is 13.3 Å². The normalized spacial score (nSPS) is 9.77. The lowest BCUT2D eigenvalue weighted by molar-refractivity contribution is -0.129. The summed E-state index contributed by atoms with van der Waals surface area (Å²) in [5.74, 6) is 0.206. The molecule has 0 unspecified atom stereocenters. The summed E-state index contributed by atoms with van der Waals surface area (Å²) >= 11 is 0. The first-order chi connectivity index (χ1) is 6.07. The fourth-order valence-corrected chi connectivity index (χ4v) is 1.07. The predicted molar refractivity (Wildman–Crippen MR) is 52.5 cm³/mol. The van der Waals surface area contributed by atoms with Crippen LogP contribution in [-0.4, -0.2) is 29.7 Å². The second-order valence-electron chi connectivity index (χ2n) is 3.31. The first kappa shape index (κ1) is 12.1. The molecule has 0 rings (SSSR count). The third-order valence-corrected chi connectivity index (χ3v) is 1.96. The molecule has 0 fully saturated rings. The topological polar surface area (TPSA) is 37.4 Å². The van der Waals surface area contributed by atoms with Crippen molar-refractivity contribution in [2.75, 3.05) is 13.1 Å². The van der Waals surface area contributed by atoms with Gasteiger partial charge in [-0.1, -0.05) is 13.3 Å². The predicted octanol–water partition coefficient (Wildman–Crippen LogP) is 1.61. The average Bonchev–Trinajstić information content (AvgIpc) is 2.03. The molecular weight excluding hydrogens is 166 g/mol. The van der Waals surface area contributed by atoms with Crippen molar-refractivity contribution in [1.82, 2.24) is 4.90 Å². The first-order valence-corrected chi connectivity index (χ1v) is 4.82. The molecule has 0 radical (unpaired) electrons. The van der Waals surface area contributed by atoms with Crippen LogP contribution < -0.4 is 0 Å². The van der Waals surface area contributed by atoms with Gasteiger partial charge >= 0.3 is 0 Å². The lowest BCUT2D eigenvalue weighted by Crippen LogP contribution is -2.31. The second kappa shape index (κ2) is 6.63. The number of hydrogen-bond acceptors (Lipinski definition) is 2. The summed E-state index contributed by atoms with van der Waals surface area (Å²) in [6, 6.07) is 0. The van der Waals surface area contributed by atoms with E-state index in [4.69, 9.17) is 0 Å². The minimum atomic E-state index is 0.0645. The Morgan fingerprint density at radius 2 is 1.77 bits per heavy atom. The number of carbonyl (C=O) groups excluding carboxylic acids is 2. The Hall–Kier alpha value is -0.860. The highest BCUT2D eigenvalue weighted by Gasteiger charge is 2.07. The fraction of sp³-hybridized carbons (Fsp3) is 0.800. The van der Waals surface area contributed by atoms with E-state index >= 15 is 0 Å². The van der Waals surface area contributed by atoms with E-state index in [1.165, 1.54) is 0 Å². The molecule has 0 aromatic rings. The number of rotatable bonds is 6. The molecule has 0 bridgehead atoms. The molecule has 3 heteroatoms. The maximum atomic E-state index is 11.1. The molecule has 0 aromatic heterocycles. The number of amides is 1. The molecule has 1 amide bonds. The minimum absolute atomic E-state index is 0.0645. The Balaban J connectivity index is 3.80. The van der Waals surface area contributed by atoms with Crippen LogP contribution >= 0.6 is 0 Å². The number of hydrogen-bond donors (Lipinski definition) is 0. The van der Waals surface area contributed by atoms with Crippen LogP contribution in [0.3, 0.4) is 0 Å². The Morgan fingerprint density at radius 3 is 2.15 bits per heavy atom. The molecule has 13 heavy (non-hydrogen) atoms. The minimum Gasteiger partial charge on any atom is -0.343 e. The van der Waals surface area contributed by atoms with Gasteiger partial charge in [0, 0.05) is 26.4 Å². The maximum Gasteiger partial charge on any atom is 0.219 e. The van der Waals surface area contributed by atoms with Crippen LogP contribution in [0.25, 0.3) is 0 Å². The van der Waals surface area contributed by atoms with Crippen LogP contribution in [0.5, 0.6) is 0 Å². The molecule has 0 saturated carbocycles. The van der Waals surface area contributed by atoms with Crippen molar-refractivity contribution in [3.63, 3.8) is 0 Å². The number of ketones is 1. The van der Waals surface area contributed by atoms with Crippen LogP contribution in [0.2, 0.25) is 0 Å². The van der Waals surface area contributed by atoms with E-state index in [1.54, 1.807) is 18.7 Å². The van der Waals surface area contributed by atoms with Gasteiger partial charge in [0.05, 0.1) is 0 Å². The molecular formula is C10H19NO2. The van der Waals surface area contributed by atoms with Gasteiger partial charge in [-0.3, -0.25) is 9.59 Å². The third-order valence-electron chi connectivity index (χ3n) is 1.96. The van der Waals surface area contributed by atoms with Crippen LogP contribution in [0.1, 0.15) is 40.0 Å². The number of carbonyl (C=O) groups is 2. The van der Waals surface area contributed by atoms with E-state index in [9.17, 15) is 9.59 Å². The Kier molecular flexibility index (Phi) is 6.20. The number of unbranched alkanes of at least 4 members (excludes halogenated alkanes) is 1. The molecule has 0 aromatic carbocycles. The molecule has 0 heterocycles. The lowest BCUT2D eigenvalue weighted by Gasteiger charge is -2.19. The quantitative estimate of drug-likeness (QED) is 0.630. The summed E-state index contributed by atoms with van der Waals surface area (Å²) in [5.41, 5.74) is 0. The van der Waals surface area contributed by atoms with Crippen molar-refractivity contribution < 1.29 is 9.59 Å². The van der Waals surface area contributed by atoms with E-state index in [2.05, 4.69) is 6.92 Å². The SMILES string of the molecule is CCCCN(CCC(C)=O)C(C)=O. The summed E-state index contributed by atoms with van der Waals surface area (Å²) in [5, 5.41) is 0. The second-order valence-corrected chi connectivity index (χ2v) is 3.31. The van der Waals surface area contributed by atoms with Crippen LogP contribution in [0, 0.1) is 0 Å². The van der Waals surface area contributed by atoms with E-state index < -0.39 is 0 Å². The van der Waals surface area contributed by atoms with Crippen LogP contribution in [0.15, 0.2) is 0 Å². The summed E-state index contributed by atoms with van der Waals surface area (Å²) in [7, 11) is 0. The Bertz CT molecular complexity index is 178. The molecule has 0 N–H and O–H groups in total. The van der Waals surface area contributed by atoms with E-state index in [0.29, 0.717) is 13.0 Å². The molecule has 3 nitrogen and oxygen atoms in total. The summed E-state index contributed by atoms with van der Waals surface area (Å²) < 4.78 is 0. The third kappa shape index (κ3) is 6.31. The molecule has 0 aliphatic carbocycles. The van der Waals surface area contributed by atoms with Crippen molar-refractivity contribution in [2.24, 2.45) is 0 Å². The standard InChI is InChI=1S/C10H19NO2/c1-4-5-7-11(10(3)13)8-6-9(2)12/h4-8H2,1-3H3. The molecule has 0 spiro atoms. The van der Waals surface area contributed by atoms with Crippen molar-refractivity contribution in [3.05, 3.63) is 0 Å². The van der Waals surface area contributed by atoms with Crippen LogP contribution in [-0.2, 0) is 9.59 Å². The van der Waals surface area contributed by atoms with Crippen molar-refractivity contribution in [2.45, 2.75) is 40.0 Å². The van der Waals surface area contributed by atoms with Gasteiger partial charge in [0.25, 0.3) is 0 Å². The van der Waals surface area contributed by atoms with Crippen molar-refractivity contribution in [1.29, 1.82) is 0 Å². The highest BCUT2D eigenvalue weighted by atomic mass is 16.2. The molecule has 0 atom stereocenters. The molecule has 0 aliphatic rings. The van der Waals surface area contributed by atoms with Gasteiger partial charge in [0.15, 0.2) is 0 Å². The molecule has 76 valence electrons. The zero-order chi connectivity index (χ0) is 10.3. The smallest absolute Gasteiger partial charge is 0.219 e. The van der Waals surface area contributed by atoms with Gasteiger partial charge in [-0.15, -0.1) is 0 Å². The molecule has 0 aliphatic heterocycles. The van der Waals surface area contributed by atoms with Crippen molar-refractivity contribution in [3.8, 4) is 0 Å². The zero-order valence-electron chi connectivity index (χ0n) is 8.80. The van der Waals surface area contributed by atoms with Crippen LogP contribution in [0.4, 0.5) is 0 Å². The highest BCUT2D eigenvalue weighted by Crippen LogP contribution is 1.97. The first-order valence-electron chi connectivity index (χ1n) is 4.82. The number of Topliss-reactive ketones (excluding diaryl/α,β-unsaturated/α-hetero) is 1. The van der Waals surface area contributed by atoms with E-state index in [1.807, 2.05) is 0 Å². The van der Waals surface area contributed by atoms with E-state index in [0.717, 1.165) is 19.4 Å². The van der Waals surface area contributed by atoms with E-state index in [-0.39, 0.29) is 11.7 Å². The van der Waals surface area contributed by atoms with Gasteiger partial charge in [-0.2, -0.15) is 0 Å². The Morgan fingerprint density at radius 1 is 1.15 bits per heavy atom. The number of nitrogens with zero attached hydrogens (tertiary/aromatic N) is 1. The zero-order valence-corrected chi connectivity index (χ0v) is 8.80. The average molecular weight is 185 g/mol. The Labute approximate surface area is 80.1 Å². The monoisotopic (exact) mass is 185 g/mol. The van der Waals surface area contributed by atoms with Crippen molar-refractivity contribution >= 4 is 11.7 Å². The molecule has 0 saturated heterocycles. The summed E-state index contributed by atoms with van der Waals surface area (Å²) in [4.78, 5) is 23.5. The maximum absolute atomic E-state index is 11.1. The summed E-state index contributed by atoms with van der Waals surface area (Å²) in [6.07, 6.45) is 2.56. The fourth-order valence-electron chi connectivity index (χ4n) is 1.07. The summed E-state index contributed by atoms with van der Waals surface area (Å²) in [6.45, 7) is 6.54. The van der Waals surface area contributed by atoms with Gasteiger partial charge in [0.2, 0.25) is 5.91 Å².